The highest BCUT2D eigenvalue weighted by atomic mass is 16.6. The molecule has 0 radical (unpaired) electrons. The van der Waals surface area contributed by atoms with Gasteiger partial charge in [-0.2, -0.15) is 0 Å². The highest BCUT2D eigenvalue weighted by molar-refractivity contribution is 5.99. The lowest BCUT2D eigenvalue weighted by Crippen LogP contribution is -2.60. The van der Waals surface area contributed by atoms with Crippen LogP contribution >= 0.6 is 0 Å². The zero-order chi connectivity index (χ0) is 26.8. The van der Waals surface area contributed by atoms with Crippen molar-refractivity contribution >= 4 is 17.8 Å². The Labute approximate surface area is 215 Å². The smallest absolute Gasteiger partial charge is 0.313 e. The SMILES string of the molecule is C=CCOC(=O)[C@@H]1[C@H]2C(=O)N([C@@H](CO)C(C)C)C(C(=O)N(CC=C)C(C)CCC)C23CC[C@@]1(CC)O3. The van der Waals surface area contributed by atoms with Gasteiger partial charge in [0.2, 0.25) is 11.8 Å². The first kappa shape index (κ1) is 28.4. The number of ether oxygens (including phenoxy) is 2. The van der Waals surface area contributed by atoms with Crippen molar-refractivity contribution in [3.8, 4) is 0 Å². The molecule has 3 aliphatic heterocycles. The number of hydrogen-bond donors (Lipinski definition) is 1. The topological polar surface area (TPSA) is 96.4 Å². The summed E-state index contributed by atoms with van der Waals surface area (Å²) in [5.41, 5.74) is -2.00. The Morgan fingerprint density at radius 1 is 1.25 bits per heavy atom. The predicted octanol–water partition coefficient (Wildman–Crippen LogP) is 3.09. The van der Waals surface area contributed by atoms with Crippen LogP contribution in [0.4, 0.5) is 0 Å². The summed E-state index contributed by atoms with van der Waals surface area (Å²) in [6.07, 6.45) is 6.50. The van der Waals surface area contributed by atoms with Crippen molar-refractivity contribution < 1.29 is 29.0 Å². The Balaban J connectivity index is 2.17. The van der Waals surface area contributed by atoms with Gasteiger partial charge in [0.05, 0.1) is 24.2 Å². The number of rotatable bonds is 13. The molecule has 7 atom stereocenters. The van der Waals surface area contributed by atoms with Crippen LogP contribution in [0.3, 0.4) is 0 Å². The van der Waals surface area contributed by atoms with Crippen LogP contribution in [-0.4, -0.2) is 81.8 Å². The Kier molecular flexibility index (Phi) is 8.71. The van der Waals surface area contributed by atoms with Gasteiger partial charge in [0.15, 0.2) is 0 Å². The summed E-state index contributed by atoms with van der Waals surface area (Å²) in [6, 6.07) is -1.57. The summed E-state index contributed by atoms with van der Waals surface area (Å²) in [4.78, 5) is 45.3. The maximum atomic E-state index is 14.4. The molecule has 0 aromatic heterocycles. The molecule has 202 valence electrons. The van der Waals surface area contributed by atoms with Crippen LogP contribution in [0.25, 0.3) is 0 Å². The fourth-order valence-corrected chi connectivity index (χ4v) is 6.86. The molecule has 2 bridgehead atoms. The van der Waals surface area contributed by atoms with Gasteiger partial charge in [-0.25, -0.2) is 0 Å². The lowest BCUT2D eigenvalue weighted by molar-refractivity contribution is -0.164. The van der Waals surface area contributed by atoms with Gasteiger partial charge in [0, 0.05) is 12.6 Å². The molecule has 8 nitrogen and oxygen atoms in total. The van der Waals surface area contributed by atoms with Crippen molar-refractivity contribution in [1.82, 2.24) is 9.80 Å². The highest BCUT2D eigenvalue weighted by Gasteiger charge is 2.79. The van der Waals surface area contributed by atoms with Gasteiger partial charge in [-0.15, -0.1) is 6.58 Å². The van der Waals surface area contributed by atoms with Crippen molar-refractivity contribution in [3.05, 3.63) is 25.3 Å². The van der Waals surface area contributed by atoms with E-state index in [1.54, 1.807) is 15.9 Å². The van der Waals surface area contributed by atoms with Crippen molar-refractivity contribution in [2.75, 3.05) is 19.8 Å². The first-order valence-electron chi connectivity index (χ1n) is 13.4. The van der Waals surface area contributed by atoms with Crippen LogP contribution in [0.5, 0.6) is 0 Å². The normalized spacial score (nSPS) is 32.4. The monoisotopic (exact) mass is 504 g/mol. The standard InChI is InChI=1S/C28H44N2O6/c1-8-12-19(7)29(15-9-2)25(33)23-28-14-13-27(11-4,36-28)22(26(34)35-16-10-3)21(28)24(32)30(23)20(17-31)18(5)6/h9-10,18-23,31H,2-3,8,11-17H2,1,4-7H3/t19?,20-,21-,22-,23?,27+,28?/m0/s1. The largest absolute Gasteiger partial charge is 0.461 e. The average Bonchev–Trinajstić information content (AvgIpc) is 3.45. The van der Waals surface area contributed by atoms with E-state index < -0.39 is 41.1 Å². The van der Waals surface area contributed by atoms with Gasteiger partial charge in [0.25, 0.3) is 0 Å². The van der Waals surface area contributed by atoms with E-state index in [2.05, 4.69) is 20.1 Å². The van der Waals surface area contributed by atoms with Gasteiger partial charge in [-0.05, 0) is 38.5 Å². The number of carbonyl (C=O) groups is 3. The van der Waals surface area contributed by atoms with Crippen LogP contribution in [0.2, 0.25) is 0 Å². The molecule has 3 fully saturated rings. The molecule has 3 aliphatic rings. The molecule has 1 N–H and O–H groups in total. The van der Waals surface area contributed by atoms with E-state index in [1.165, 1.54) is 6.08 Å². The minimum atomic E-state index is -1.14. The molecule has 3 rings (SSSR count). The molecule has 36 heavy (non-hydrogen) atoms. The molecule has 0 aliphatic carbocycles. The lowest BCUT2D eigenvalue weighted by Gasteiger charge is -2.42. The number of fused-ring (bicyclic) bond motifs is 1. The summed E-state index contributed by atoms with van der Waals surface area (Å²) < 4.78 is 12.2. The third-order valence-corrected chi connectivity index (χ3v) is 8.61. The van der Waals surface area contributed by atoms with Crippen LogP contribution < -0.4 is 0 Å². The van der Waals surface area contributed by atoms with Crippen LogP contribution in [0.1, 0.15) is 66.7 Å². The Morgan fingerprint density at radius 3 is 2.47 bits per heavy atom. The molecule has 0 saturated carbocycles. The van der Waals surface area contributed by atoms with Gasteiger partial charge < -0.3 is 24.4 Å². The Morgan fingerprint density at radius 2 is 1.94 bits per heavy atom. The second-order valence-corrected chi connectivity index (χ2v) is 10.9. The van der Waals surface area contributed by atoms with Crippen LogP contribution in [0.15, 0.2) is 25.3 Å². The van der Waals surface area contributed by atoms with E-state index in [9.17, 15) is 19.5 Å². The van der Waals surface area contributed by atoms with Crippen molar-refractivity contribution in [2.45, 2.75) is 96.1 Å². The maximum absolute atomic E-state index is 14.4. The molecule has 2 amide bonds. The molecular formula is C28H44N2O6. The predicted molar refractivity (Wildman–Crippen MR) is 137 cm³/mol. The lowest BCUT2D eigenvalue weighted by atomic mass is 9.65. The third-order valence-electron chi connectivity index (χ3n) is 8.61. The van der Waals surface area contributed by atoms with Gasteiger partial charge >= 0.3 is 5.97 Å². The van der Waals surface area contributed by atoms with Crippen LogP contribution in [-0.2, 0) is 23.9 Å². The number of aliphatic hydroxyl groups is 1. The molecule has 3 heterocycles. The minimum absolute atomic E-state index is 0.0437. The molecule has 0 aromatic carbocycles. The number of hydrogen-bond acceptors (Lipinski definition) is 6. The fraction of sp³-hybridized carbons (Fsp3) is 0.750. The average molecular weight is 505 g/mol. The zero-order valence-electron chi connectivity index (χ0n) is 22.6. The molecule has 1 spiro atoms. The second kappa shape index (κ2) is 11.1. The first-order chi connectivity index (χ1) is 17.1. The summed E-state index contributed by atoms with van der Waals surface area (Å²) in [5, 5.41) is 10.3. The van der Waals surface area contributed by atoms with E-state index in [1.807, 2.05) is 27.7 Å². The molecular weight excluding hydrogens is 460 g/mol. The third kappa shape index (κ3) is 4.30. The van der Waals surface area contributed by atoms with Gasteiger partial charge in [0.1, 0.15) is 24.2 Å². The van der Waals surface area contributed by atoms with Gasteiger partial charge in [-0.3, -0.25) is 14.4 Å². The fourth-order valence-electron chi connectivity index (χ4n) is 6.86. The van der Waals surface area contributed by atoms with E-state index in [4.69, 9.17) is 9.47 Å². The minimum Gasteiger partial charge on any atom is -0.461 e. The van der Waals surface area contributed by atoms with E-state index >= 15 is 0 Å². The summed E-state index contributed by atoms with van der Waals surface area (Å²) >= 11 is 0. The van der Waals surface area contributed by atoms with Crippen molar-refractivity contribution in [2.24, 2.45) is 17.8 Å². The second-order valence-electron chi connectivity index (χ2n) is 10.9. The maximum Gasteiger partial charge on any atom is 0.313 e. The van der Waals surface area contributed by atoms with Crippen LogP contribution in [0, 0.1) is 17.8 Å². The van der Waals surface area contributed by atoms with E-state index in [0.717, 1.165) is 12.8 Å². The number of esters is 1. The number of aliphatic hydroxyl groups excluding tert-OH is 1. The number of carbonyl (C=O) groups excluding carboxylic acids is 3. The summed E-state index contributed by atoms with van der Waals surface area (Å²) in [6.45, 7) is 17.4. The number of nitrogens with zero attached hydrogens (tertiary/aromatic N) is 2. The van der Waals surface area contributed by atoms with Crippen molar-refractivity contribution in [1.29, 1.82) is 0 Å². The van der Waals surface area contributed by atoms with Crippen molar-refractivity contribution in [3.63, 3.8) is 0 Å². The Hall–Kier alpha value is -2.19. The molecule has 3 saturated heterocycles. The summed E-state index contributed by atoms with van der Waals surface area (Å²) in [7, 11) is 0. The highest BCUT2D eigenvalue weighted by Crippen LogP contribution is 2.65. The zero-order valence-corrected chi connectivity index (χ0v) is 22.6. The molecule has 8 heteroatoms. The quantitative estimate of drug-likeness (QED) is 0.306. The first-order valence-corrected chi connectivity index (χ1v) is 13.4. The number of amides is 2. The Bertz CT molecular complexity index is 874. The summed E-state index contributed by atoms with van der Waals surface area (Å²) in [5.74, 6) is -2.75. The van der Waals surface area contributed by atoms with Gasteiger partial charge in [-0.1, -0.05) is 52.8 Å². The van der Waals surface area contributed by atoms with E-state index in [0.29, 0.717) is 25.8 Å². The van der Waals surface area contributed by atoms with E-state index in [-0.39, 0.29) is 37.0 Å². The molecule has 0 aromatic rings. The number of likely N-dealkylation sites (tertiary alicyclic amines) is 1. The molecule has 3 unspecified atom stereocenters.